The fraction of sp³-hybridized carbons (Fsp3) is 0.300. The number of benzene rings is 1. The zero-order valence-corrected chi connectivity index (χ0v) is 7.88. The Morgan fingerprint density at radius 3 is 2.64 bits per heavy atom. The van der Waals surface area contributed by atoms with Crippen molar-refractivity contribution >= 4 is 6.29 Å². The van der Waals surface area contributed by atoms with Crippen LogP contribution in [0, 0.1) is 5.82 Å². The maximum Gasteiger partial charge on any atom is 0.191 e. The molecule has 0 bridgehead atoms. The average molecular weight is 200 g/mol. The first-order valence-corrected chi connectivity index (χ1v) is 4.01. The van der Waals surface area contributed by atoms with Gasteiger partial charge in [0.2, 0.25) is 0 Å². The van der Waals surface area contributed by atoms with Crippen LogP contribution in [0.3, 0.4) is 0 Å². The van der Waals surface area contributed by atoms with Crippen LogP contribution < -0.4 is 4.74 Å². The van der Waals surface area contributed by atoms with Crippen molar-refractivity contribution in [3.63, 3.8) is 0 Å². The topological polar surface area (TPSA) is 26.3 Å². The first-order chi connectivity index (χ1) is 6.53. The van der Waals surface area contributed by atoms with Gasteiger partial charge in [0.25, 0.3) is 0 Å². The maximum absolute atomic E-state index is 13.6. The van der Waals surface area contributed by atoms with Crippen LogP contribution in [0.5, 0.6) is 5.75 Å². The van der Waals surface area contributed by atoms with E-state index < -0.39 is 11.5 Å². The predicted molar refractivity (Wildman–Crippen MR) is 47.5 cm³/mol. The highest BCUT2D eigenvalue weighted by molar-refractivity contribution is 5.67. The zero-order chi connectivity index (χ0) is 10.8. The number of para-hydroxylation sites is 1. The molecule has 0 radical (unpaired) electrons. The second kappa shape index (κ2) is 3.74. The number of rotatable bonds is 3. The van der Waals surface area contributed by atoms with E-state index in [1.807, 2.05) is 0 Å². The third kappa shape index (κ3) is 1.73. The Kier molecular flexibility index (Phi) is 2.84. The van der Waals surface area contributed by atoms with Crippen molar-refractivity contribution in [2.45, 2.75) is 12.6 Å². The Hall–Kier alpha value is -1.45. The number of methoxy groups -OCH3 is 1. The third-order valence-electron chi connectivity index (χ3n) is 1.92. The van der Waals surface area contributed by atoms with Crippen LogP contribution >= 0.6 is 0 Å². The van der Waals surface area contributed by atoms with Crippen LogP contribution in [0.2, 0.25) is 0 Å². The lowest BCUT2D eigenvalue weighted by molar-refractivity contribution is -0.117. The summed E-state index contributed by atoms with van der Waals surface area (Å²) in [7, 11) is 1.22. The number of ether oxygens (including phenoxy) is 1. The normalized spacial score (nSPS) is 14.6. The molecule has 1 aromatic carbocycles. The van der Waals surface area contributed by atoms with E-state index in [-0.39, 0.29) is 17.6 Å². The molecule has 0 N–H and O–H groups in total. The molecule has 0 saturated carbocycles. The Morgan fingerprint density at radius 2 is 2.14 bits per heavy atom. The first kappa shape index (κ1) is 10.6. The highest BCUT2D eigenvalue weighted by Crippen LogP contribution is 2.33. The Morgan fingerprint density at radius 1 is 1.50 bits per heavy atom. The molecule has 0 spiro atoms. The molecule has 0 fully saturated rings. The van der Waals surface area contributed by atoms with E-state index in [1.54, 1.807) is 0 Å². The van der Waals surface area contributed by atoms with Gasteiger partial charge in [-0.3, -0.25) is 4.79 Å². The minimum Gasteiger partial charge on any atom is -0.493 e. The molecule has 1 aromatic rings. The summed E-state index contributed by atoms with van der Waals surface area (Å²) in [5.41, 5.74) is -2.33. The molecule has 4 heteroatoms. The van der Waals surface area contributed by atoms with Crippen LogP contribution in [0.25, 0.3) is 0 Å². The monoisotopic (exact) mass is 200 g/mol. The van der Waals surface area contributed by atoms with Gasteiger partial charge in [-0.05, 0) is 13.0 Å². The lowest BCUT2D eigenvalue weighted by Crippen LogP contribution is -2.18. The molecular weight excluding hydrogens is 190 g/mol. The zero-order valence-electron chi connectivity index (χ0n) is 7.88. The molecule has 0 aliphatic heterocycles. The molecule has 0 aromatic heterocycles. The molecule has 2 nitrogen and oxygen atoms in total. The SMILES string of the molecule is COc1c(F)cccc1C(C)(F)C=O. The molecule has 1 rings (SSSR count). The van der Waals surface area contributed by atoms with E-state index in [9.17, 15) is 13.6 Å². The highest BCUT2D eigenvalue weighted by atomic mass is 19.1. The van der Waals surface area contributed by atoms with Crippen LogP contribution in [0.15, 0.2) is 18.2 Å². The molecule has 1 unspecified atom stereocenters. The molecule has 1 atom stereocenters. The quantitative estimate of drug-likeness (QED) is 0.699. The lowest BCUT2D eigenvalue weighted by atomic mass is 9.98. The summed E-state index contributed by atoms with van der Waals surface area (Å²) in [5.74, 6) is -0.916. The van der Waals surface area contributed by atoms with Crippen molar-refractivity contribution in [1.29, 1.82) is 0 Å². The summed E-state index contributed by atoms with van der Waals surface area (Å²) >= 11 is 0. The van der Waals surface area contributed by atoms with Crippen molar-refractivity contribution in [3.05, 3.63) is 29.6 Å². The molecule has 76 valence electrons. The Bertz CT molecular complexity index is 348. The Balaban J connectivity index is 3.34. The van der Waals surface area contributed by atoms with Gasteiger partial charge >= 0.3 is 0 Å². The van der Waals surface area contributed by atoms with E-state index in [1.165, 1.54) is 19.2 Å². The first-order valence-electron chi connectivity index (χ1n) is 4.01. The molecule has 0 heterocycles. The number of halogens is 2. The second-order valence-electron chi connectivity index (χ2n) is 3.01. The van der Waals surface area contributed by atoms with Crippen molar-refractivity contribution in [1.82, 2.24) is 0 Å². The van der Waals surface area contributed by atoms with Crippen molar-refractivity contribution < 1.29 is 18.3 Å². The minimum absolute atomic E-state index is 0.102. The highest BCUT2D eigenvalue weighted by Gasteiger charge is 2.30. The van der Waals surface area contributed by atoms with Gasteiger partial charge in [-0.2, -0.15) is 0 Å². The van der Waals surface area contributed by atoms with Crippen LogP contribution in [0.1, 0.15) is 12.5 Å². The van der Waals surface area contributed by atoms with Gasteiger partial charge in [0.15, 0.2) is 23.5 Å². The van der Waals surface area contributed by atoms with Crippen molar-refractivity contribution in [2.75, 3.05) is 7.11 Å². The molecule has 0 aliphatic rings. The smallest absolute Gasteiger partial charge is 0.191 e. The van der Waals surface area contributed by atoms with Gasteiger partial charge in [0.1, 0.15) is 0 Å². The fourth-order valence-electron chi connectivity index (χ4n) is 1.16. The predicted octanol–water partition coefficient (Wildman–Crippen LogP) is 2.22. The van der Waals surface area contributed by atoms with E-state index in [2.05, 4.69) is 0 Å². The number of alkyl halides is 1. The number of carbonyl (C=O) groups excluding carboxylic acids is 1. The number of hydrogen-bond donors (Lipinski definition) is 0. The van der Waals surface area contributed by atoms with Gasteiger partial charge in [-0.25, -0.2) is 8.78 Å². The largest absolute Gasteiger partial charge is 0.493 e. The summed E-state index contributed by atoms with van der Waals surface area (Å²) in [6, 6.07) is 3.79. The Labute approximate surface area is 80.5 Å². The number of hydrogen-bond acceptors (Lipinski definition) is 2. The lowest BCUT2D eigenvalue weighted by Gasteiger charge is -2.16. The fourth-order valence-corrected chi connectivity index (χ4v) is 1.16. The van der Waals surface area contributed by atoms with Crippen LogP contribution in [-0.2, 0) is 10.5 Å². The van der Waals surface area contributed by atoms with Crippen LogP contribution in [-0.4, -0.2) is 13.4 Å². The van der Waals surface area contributed by atoms with E-state index in [0.717, 1.165) is 13.0 Å². The van der Waals surface area contributed by atoms with E-state index in [4.69, 9.17) is 4.74 Å². The molecular formula is C10H10F2O2. The van der Waals surface area contributed by atoms with Gasteiger partial charge < -0.3 is 4.74 Å². The van der Waals surface area contributed by atoms with Crippen molar-refractivity contribution in [2.24, 2.45) is 0 Å². The number of aldehydes is 1. The summed E-state index contributed by atoms with van der Waals surface area (Å²) < 4.78 is 31.4. The molecule has 0 saturated heterocycles. The third-order valence-corrected chi connectivity index (χ3v) is 1.92. The summed E-state index contributed by atoms with van der Waals surface area (Å²) in [5, 5.41) is 0. The maximum atomic E-state index is 13.6. The van der Waals surface area contributed by atoms with Crippen LogP contribution in [0.4, 0.5) is 8.78 Å². The van der Waals surface area contributed by atoms with Gasteiger partial charge in [0.05, 0.1) is 7.11 Å². The standard InChI is InChI=1S/C10H10F2O2/c1-10(12,6-13)7-4-3-5-8(11)9(7)14-2/h3-6H,1-2H3. The number of carbonyl (C=O) groups is 1. The molecule has 0 aliphatic carbocycles. The van der Waals surface area contributed by atoms with E-state index >= 15 is 0 Å². The minimum atomic E-state index is -2.23. The summed E-state index contributed by atoms with van der Waals surface area (Å²) in [4.78, 5) is 10.5. The average Bonchev–Trinajstić information content (AvgIpc) is 2.17. The summed E-state index contributed by atoms with van der Waals surface area (Å²) in [6.07, 6.45) is 0.115. The van der Waals surface area contributed by atoms with Gasteiger partial charge in [-0.15, -0.1) is 0 Å². The molecule has 14 heavy (non-hydrogen) atoms. The van der Waals surface area contributed by atoms with E-state index in [0.29, 0.717) is 0 Å². The second-order valence-corrected chi connectivity index (χ2v) is 3.01. The summed E-state index contributed by atoms with van der Waals surface area (Å²) in [6.45, 7) is 1.05. The van der Waals surface area contributed by atoms with Crippen molar-refractivity contribution in [3.8, 4) is 5.75 Å². The molecule has 0 amide bonds. The van der Waals surface area contributed by atoms with Gasteiger partial charge in [-0.1, -0.05) is 12.1 Å². The van der Waals surface area contributed by atoms with Gasteiger partial charge in [0, 0.05) is 5.56 Å².